The number of carboxylic acid groups (broad SMARTS) is 1. The number of piperidine rings is 1. The highest BCUT2D eigenvalue weighted by Crippen LogP contribution is 2.46. The Kier molecular flexibility index (Phi) is 15.5. The first-order valence-corrected chi connectivity index (χ1v) is 19.9. The van der Waals surface area contributed by atoms with E-state index in [4.69, 9.17) is 5.73 Å². The van der Waals surface area contributed by atoms with E-state index in [0.717, 1.165) is 70.9 Å². The van der Waals surface area contributed by atoms with Crippen LogP contribution in [0.15, 0.2) is 12.2 Å². The number of nitrogens with two attached hydrogens (primary N) is 3. The average Bonchev–Trinajstić information content (AvgIpc) is 3.60. The Morgan fingerprint density at radius 1 is 1.04 bits per heavy atom. The van der Waals surface area contributed by atoms with E-state index in [9.17, 15) is 25.2 Å². The summed E-state index contributed by atoms with van der Waals surface area (Å²) in [6.45, 7) is 6.72. The van der Waals surface area contributed by atoms with Gasteiger partial charge in [0.2, 0.25) is 0 Å². The standard InChI is InChI=1S/C39H71N3O5/c1-3-4-6-11-28-14-15-30(35(44)23-28)12-7-5-8-13-33(37(45)46)34(43)16-20-39(47)25-31(22-29-17-21-41-36(40)24-29)32(26-39)27-42-38(2)18-9-10-19-38/h14-15,28-36,41-44,47H,3-13,16-27,40H2,1-2H3,(H,45,46)/p+1/t28-,29?,30+,31+,32-,33-,34+,35+,36?,39-/m0/s1. The molecule has 10 atom stereocenters. The zero-order chi connectivity index (χ0) is 33.9. The predicted octanol–water partition coefficient (Wildman–Crippen LogP) is 2.88. The third kappa shape index (κ3) is 12.4. The molecule has 0 radical (unpaired) electrons. The van der Waals surface area contributed by atoms with E-state index >= 15 is 0 Å². The molecule has 3 fully saturated rings. The molecule has 8 heteroatoms. The number of rotatable bonds is 20. The number of carbonyl (C=O) groups is 1. The third-order valence-electron chi connectivity index (χ3n) is 13.0. The molecule has 0 amide bonds. The van der Waals surface area contributed by atoms with Crippen LogP contribution in [0.25, 0.3) is 0 Å². The van der Waals surface area contributed by atoms with Crippen molar-refractivity contribution in [2.45, 2.75) is 178 Å². The van der Waals surface area contributed by atoms with E-state index < -0.39 is 23.6 Å². The SMILES string of the molecule is CCCCC[C@H]1C=C[C@@H](CCCCC[C@H](C(=O)[O-])[C@H](O)CC[C@@]2(O)C[C@@H](C[NH2+]C3(C)CCCC3)[C@H](CC3CC[NH2+]C(N)C3)C2)[C@H](O)C1. The summed E-state index contributed by atoms with van der Waals surface area (Å²) >= 11 is 0. The zero-order valence-corrected chi connectivity index (χ0v) is 30.0. The molecule has 0 bridgehead atoms. The summed E-state index contributed by atoms with van der Waals surface area (Å²) in [4.78, 5) is 12.1. The van der Waals surface area contributed by atoms with Crippen LogP contribution in [-0.4, -0.2) is 63.9 Å². The van der Waals surface area contributed by atoms with Gasteiger partial charge in [0.1, 0.15) is 6.17 Å². The molecule has 47 heavy (non-hydrogen) atoms. The second-order valence-electron chi connectivity index (χ2n) is 17.0. The molecule has 2 saturated carbocycles. The molecular weight excluding hydrogens is 590 g/mol. The Bertz CT molecular complexity index is 957. The molecule has 272 valence electrons. The molecule has 4 rings (SSSR count). The number of hydrogen-bond donors (Lipinski definition) is 6. The maximum atomic E-state index is 12.1. The van der Waals surface area contributed by atoms with Gasteiger partial charge in [-0.15, -0.1) is 0 Å². The lowest BCUT2D eigenvalue weighted by atomic mass is 9.81. The molecule has 9 N–H and O–H groups in total. The molecule has 0 spiro atoms. The van der Waals surface area contributed by atoms with Crippen LogP contribution < -0.4 is 21.5 Å². The van der Waals surface area contributed by atoms with Crippen LogP contribution in [0.4, 0.5) is 0 Å². The highest BCUT2D eigenvalue weighted by atomic mass is 16.4. The van der Waals surface area contributed by atoms with Crippen molar-refractivity contribution in [3.63, 3.8) is 0 Å². The minimum absolute atomic E-state index is 0.178. The quantitative estimate of drug-likeness (QED) is 0.0869. The highest BCUT2D eigenvalue weighted by molar-refractivity contribution is 5.68. The minimum Gasteiger partial charge on any atom is -0.550 e. The lowest BCUT2D eigenvalue weighted by Crippen LogP contribution is -2.96. The lowest BCUT2D eigenvalue weighted by Gasteiger charge is -2.30. The summed E-state index contributed by atoms with van der Waals surface area (Å²) in [6, 6.07) is 0. The molecule has 2 unspecified atom stereocenters. The minimum atomic E-state index is -1.18. The first-order chi connectivity index (χ1) is 22.5. The second-order valence-corrected chi connectivity index (χ2v) is 17.0. The second kappa shape index (κ2) is 18.8. The number of quaternary nitrogens is 2. The van der Waals surface area contributed by atoms with Crippen molar-refractivity contribution in [1.29, 1.82) is 0 Å². The number of aliphatic hydroxyl groups is 3. The van der Waals surface area contributed by atoms with Gasteiger partial charge in [0.15, 0.2) is 0 Å². The van der Waals surface area contributed by atoms with Crippen LogP contribution in [0, 0.1) is 35.5 Å². The summed E-state index contributed by atoms with van der Waals surface area (Å²) < 4.78 is 0. The number of aliphatic carboxylic acids is 1. The van der Waals surface area contributed by atoms with Crippen molar-refractivity contribution in [2.24, 2.45) is 41.2 Å². The van der Waals surface area contributed by atoms with E-state index in [2.05, 4.69) is 36.6 Å². The topological polar surface area (TPSA) is 160 Å². The number of aliphatic hydroxyl groups excluding tert-OH is 2. The van der Waals surface area contributed by atoms with Gasteiger partial charge in [-0.1, -0.05) is 57.6 Å². The van der Waals surface area contributed by atoms with Crippen LogP contribution in [0.5, 0.6) is 0 Å². The van der Waals surface area contributed by atoms with Crippen LogP contribution >= 0.6 is 0 Å². The van der Waals surface area contributed by atoms with E-state index in [1.165, 1.54) is 51.4 Å². The predicted molar refractivity (Wildman–Crippen MR) is 185 cm³/mol. The van der Waals surface area contributed by atoms with Crippen molar-refractivity contribution in [3.05, 3.63) is 12.2 Å². The van der Waals surface area contributed by atoms with Gasteiger partial charge in [0.05, 0.1) is 36.4 Å². The van der Waals surface area contributed by atoms with Gasteiger partial charge in [0, 0.05) is 43.0 Å². The maximum Gasteiger partial charge on any atom is 0.137 e. The number of carbonyl (C=O) groups excluding carboxylic acids is 1. The Morgan fingerprint density at radius 3 is 2.49 bits per heavy atom. The van der Waals surface area contributed by atoms with E-state index in [1.54, 1.807) is 0 Å². The molecule has 1 heterocycles. The summed E-state index contributed by atoms with van der Waals surface area (Å²) in [7, 11) is 0. The number of allylic oxidation sites excluding steroid dienone is 1. The largest absolute Gasteiger partial charge is 0.550 e. The fourth-order valence-electron chi connectivity index (χ4n) is 9.92. The summed E-state index contributed by atoms with van der Waals surface area (Å²) in [6.07, 6.45) is 23.6. The Morgan fingerprint density at radius 2 is 1.79 bits per heavy atom. The number of unbranched alkanes of at least 4 members (excludes halogenated alkanes) is 4. The Labute approximate surface area is 286 Å². The summed E-state index contributed by atoms with van der Waals surface area (Å²) in [5, 5.41) is 50.5. The van der Waals surface area contributed by atoms with Crippen LogP contribution in [-0.2, 0) is 4.79 Å². The van der Waals surface area contributed by atoms with Crippen molar-refractivity contribution in [1.82, 2.24) is 0 Å². The monoisotopic (exact) mass is 663 g/mol. The van der Waals surface area contributed by atoms with E-state index in [1.807, 2.05) is 0 Å². The van der Waals surface area contributed by atoms with E-state index in [-0.39, 0.29) is 24.6 Å². The maximum absolute atomic E-state index is 12.1. The molecule has 4 aliphatic rings. The molecular formula is C39H72N3O5+. The summed E-state index contributed by atoms with van der Waals surface area (Å²) in [5.41, 5.74) is 5.74. The van der Waals surface area contributed by atoms with Crippen molar-refractivity contribution in [3.8, 4) is 0 Å². The van der Waals surface area contributed by atoms with E-state index in [0.29, 0.717) is 48.5 Å². The Hall–Kier alpha value is -1.03. The lowest BCUT2D eigenvalue weighted by molar-refractivity contribution is -0.728. The molecule has 0 aromatic carbocycles. The van der Waals surface area contributed by atoms with Gasteiger partial charge in [-0.25, -0.2) is 0 Å². The van der Waals surface area contributed by atoms with Gasteiger partial charge < -0.3 is 35.9 Å². The average molecular weight is 663 g/mol. The fraction of sp³-hybridized carbons (Fsp3) is 0.923. The molecule has 3 aliphatic carbocycles. The van der Waals surface area contributed by atoms with Gasteiger partial charge in [0.25, 0.3) is 0 Å². The molecule has 0 aromatic heterocycles. The highest BCUT2D eigenvalue weighted by Gasteiger charge is 2.47. The first-order valence-electron chi connectivity index (χ1n) is 19.9. The van der Waals surface area contributed by atoms with Gasteiger partial charge in [-0.05, 0) is 102 Å². The van der Waals surface area contributed by atoms with Gasteiger partial charge >= 0.3 is 0 Å². The van der Waals surface area contributed by atoms with Crippen LogP contribution in [0.2, 0.25) is 0 Å². The van der Waals surface area contributed by atoms with Gasteiger partial charge in [-0.3, -0.25) is 5.73 Å². The van der Waals surface area contributed by atoms with Crippen LogP contribution in [0.3, 0.4) is 0 Å². The first kappa shape index (κ1) is 38.8. The smallest absolute Gasteiger partial charge is 0.137 e. The van der Waals surface area contributed by atoms with Gasteiger partial charge in [-0.2, -0.15) is 0 Å². The van der Waals surface area contributed by atoms with Crippen molar-refractivity contribution in [2.75, 3.05) is 13.1 Å². The zero-order valence-electron chi connectivity index (χ0n) is 30.0. The Balaban J connectivity index is 1.22. The number of carboxylic acids is 1. The van der Waals surface area contributed by atoms with Crippen molar-refractivity contribution >= 4 is 5.97 Å². The molecule has 8 nitrogen and oxygen atoms in total. The fourth-order valence-corrected chi connectivity index (χ4v) is 9.92. The molecule has 1 aliphatic heterocycles. The summed E-state index contributed by atoms with van der Waals surface area (Å²) in [5.74, 6) is 0.0533. The van der Waals surface area contributed by atoms with Crippen molar-refractivity contribution < 1.29 is 35.9 Å². The number of hydrogen-bond acceptors (Lipinski definition) is 6. The molecule has 0 aromatic rings. The van der Waals surface area contributed by atoms with Crippen LogP contribution in [0.1, 0.15) is 149 Å². The normalized spacial score (nSPS) is 35.2. The third-order valence-corrected chi connectivity index (χ3v) is 13.0. The molecule has 1 saturated heterocycles.